The summed E-state index contributed by atoms with van der Waals surface area (Å²) in [5.74, 6) is -2.24. The number of rotatable bonds is 76. The normalized spacial score (nSPS) is 12.7. The van der Waals surface area contributed by atoms with Crippen LogP contribution >= 0.6 is 0 Å². The number of carboxylic acid groups (broad SMARTS) is 1. The third kappa shape index (κ3) is 73.2. The first kappa shape index (κ1) is 87.8. The zero-order valence-electron chi connectivity index (χ0n) is 61.1. The van der Waals surface area contributed by atoms with Crippen molar-refractivity contribution >= 4 is 17.9 Å². The molecule has 90 heavy (non-hydrogen) atoms. The van der Waals surface area contributed by atoms with Crippen LogP contribution in [0.1, 0.15) is 418 Å². The summed E-state index contributed by atoms with van der Waals surface area (Å²) in [7, 11) is 5.95. The molecule has 0 aliphatic carbocycles. The van der Waals surface area contributed by atoms with Gasteiger partial charge in [-0.15, -0.1) is 0 Å². The summed E-state index contributed by atoms with van der Waals surface area (Å²) in [6.07, 6.45) is 88.8. The number of nitrogens with zero attached hydrogens (tertiary/aromatic N) is 1. The quantitative estimate of drug-likeness (QED) is 0.0195. The third-order valence-electron chi connectivity index (χ3n) is 18.5. The summed E-state index contributed by atoms with van der Waals surface area (Å²) in [6, 6.07) is 0. The summed E-state index contributed by atoms with van der Waals surface area (Å²) in [6.45, 7) is 4.83. The van der Waals surface area contributed by atoms with Crippen LogP contribution in [0, 0.1) is 0 Å². The second-order valence-electron chi connectivity index (χ2n) is 28.7. The molecule has 0 saturated heterocycles. The Bertz CT molecular complexity index is 1530. The molecule has 9 nitrogen and oxygen atoms in total. The molecule has 0 amide bonds. The highest BCUT2D eigenvalue weighted by Gasteiger charge is 2.22. The summed E-state index contributed by atoms with van der Waals surface area (Å²) in [4.78, 5) is 37.6. The number of carbonyl (C=O) groups is 3. The molecule has 532 valence electrons. The predicted molar refractivity (Wildman–Crippen MR) is 385 cm³/mol. The number of aliphatic carboxylic acids is 1. The fourth-order valence-electron chi connectivity index (χ4n) is 12.3. The highest BCUT2D eigenvalue weighted by atomic mass is 16.7. The molecule has 2 atom stereocenters. The molecule has 0 aliphatic heterocycles. The van der Waals surface area contributed by atoms with Gasteiger partial charge >= 0.3 is 11.9 Å². The number of ether oxygens (including phenoxy) is 4. The van der Waals surface area contributed by atoms with E-state index in [4.69, 9.17) is 18.9 Å². The van der Waals surface area contributed by atoms with Gasteiger partial charge in [-0.2, -0.15) is 0 Å². The minimum absolute atomic E-state index is 0.152. The van der Waals surface area contributed by atoms with Crippen molar-refractivity contribution in [1.29, 1.82) is 0 Å². The Labute approximate surface area is 560 Å². The van der Waals surface area contributed by atoms with Gasteiger partial charge in [-0.05, 0) is 44.9 Å². The number of hydrogen-bond donors (Lipinski definition) is 0. The van der Waals surface area contributed by atoms with E-state index in [1.165, 1.54) is 347 Å². The van der Waals surface area contributed by atoms with E-state index in [1.54, 1.807) is 0 Å². The van der Waals surface area contributed by atoms with Crippen molar-refractivity contribution in [3.8, 4) is 0 Å². The number of unbranched alkanes of at least 4 members (excludes halogenated alkanes) is 57. The highest BCUT2D eigenvalue weighted by Crippen LogP contribution is 2.20. The Kier molecular flexibility index (Phi) is 70.8. The molecule has 0 saturated carbocycles. The lowest BCUT2D eigenvalue weighted by molar-refractivity contribution is -0.870. The fourth-order valence-corrected chi connectivity index (χ4v) is 12.3. The van der Waals surface area contributed by atoms with Crippen LogP contribution in [0.15, 0.2) is 24.3 Å². The van der Waals surface area contributed by atoms with Gasteiger partial charge in [0.25, 0.3) is 0 Å². The van der Waals surface area contributed by atoms with Crippen molar-refractivity contribution in [1.82, 2.24) is 0 Å². The van der Waals surface area contributed by atoms with Crippen molar-refractivity contribution < 1.29 is 42.9 Å². The third-order valence-corrected chi connectivity index (χ3v) is 18.5. The largest absolute Gasteiger partial charge is 0.545 e. The maximum absolute atomic E-state index is 13.0. The molecular weight excluding hydrogens is 1110 g/mol. The van der Waals surface area contributed by atoms with Crippen LogP contribution in [0.4, 0.5) is 0 Å². The standard InChI is InChI=1S/C81H155NO8/c1-6-8-10-12-14-16-18-20-22-24-26-28-30-32-34-36-38-39-40-41-42-44-46-48-50-52-54-56-58-60-62-64-66-68-70-72-79(84)90-77(76-89-81(80(85)86)87-74-73-82(3,4)5)75-88-78(83)71-69-67-65-63-61-59-57-55-53-51-49-47-45-43-37-35-33-31-29-27-25-23-21-19-17-15-13-11-9-7-2/h18,20,24,26,77,81H,6-17,19,21-23,25,27-76H2,1-5H3/b20-18-,26-24-. The van der Waals surface area contributed by atoms with Crippen molar-refractivity contribution in [2.75, 3.05) is 47.5 Å². The first-order valence-electron chi connectivity index (χ1n) is 40.0. The molecule has 0 rings (SSSR count). The molecule has 0 radical (unpaired) electrons. The van der Waals surface area contributed by atoms with Gasteiger partial charge in [0, 0.05) is 12.8 Å². The second-order valence-corrected chi connectivity index (χ2v) is 28.7. The van der Waals surface area contributed by atoms with Gasteiger partial charge < -0.3 is 33.3 Å². The minimum Gasteiger partial charge on any atom is -0.545 e. The van der Waals surface area contributed by atoms with E-state index in [9.17, 15) is 19.5 Å². The molecule has 0 fully saturated rings. The molecular formula is C81H155NO8. The van der Waals surface area contributed by atoms with Gasteiger partial charge in [0.05, 0.1) is 40.3 Å². The van der Waals surface area contributed by atoms with E-state index in [0.29, 0.717) is 17.4 Å². The van der Waals surface area contributed by atoms with Gasteiger partial charge in [-0.3, -0.25) is 9.59 Å². The maximum Gasteiger partial charge on any atom is 0.306 e. The number of quaternary nitrogens is 1. The molecule has 2 unspecified atom stereocenters. The molecule has 0 aromatic heterocycles. The van der Waals surface area contributed by atoms with E-state index in [-0.39, 0.29) is 32.2 Å². The SMILES string of the molecule is CCCCCCC/C=C\C/C=C\CCCCCCCCCCCCCCCCCCCCCCCCCC(=O)OC(COC(=O)CCCCCCCCCCCCCCCCCCCCCCCCCCCCCCCC)COC(OCC[N+](C)(C)C)C(=O)[O-]. The number of hydrogen-bond acceptors (Lipinski definition) is 8. The number of carboxylic acids is 1. The lowest BCUT2D eigenvalue weighted by atomic mass is 10.0. The van der Waals surface area contributed by atoms with E-state index >= 15 is 0 Å². The van der Waals surface area contributed by atoms with Crippen molar-refractivity contribution in [2.45, 2.75) is 431 Å². The van der Waals surface area contributed by atoms with Gasteiger partial charge in [-0.25, -0.2) is 0 Å². The number of esters is 2. The molecule has 0 N–H and O–H groups in total. The number of carbonyl (C=O) groups excluding carboxylic acids is 3. The van der Waals surface area contributed by atoms with Crippen molar-refractivity contribution in [3.63, 3.8) is 0 Å². The summed E-state index contributed by atoms with van der Waals surface area (Å²) in [5.41, 5.74) is 0. The molecule has 0 spiro atoms. The first-order chi connectivity index (χ1) is 44.1. The molecule has 0 bridgehead atoms. The van der Waals surface area contributed by atoms with E-state index < -0.39 is 24.3 Å². The smallest absolute Gasteiger partial charge is 0.306 e. The molecule has 9 heteroatoms. The highest BCUT2D eigenvalue weighted by molar-refractivity contribution is 5.70. The van der Waals surface area contributed by atoms with Crippen LogP contribution in [0.3, 0.4) is 0 Å². The average Bonchev–Trinajstić information content (AvgIpc) is 3.73. The van der Waals surface area contributed by atoms with Crippen LogP contribution in [0.2, 0.25) is 0 Å². The van der Waals surface area contributed by atoms with Crippen LogP contribution in [0.5, 0.6) is 0 Å². The van der Waals surface area contributed by atoms with Gasteiger partial charge in [0.2, 0.25) is 0 Å². The van der Waals surface area contributed by atoms with Crippen LogP contribution in [0.25, 0.3) is 0 Å². The molecule has 0 aromatic carbocycles. The Balaban J connectivity index is 3.96. The Morgan fingerprint density at radius 2 is 0.600 bits per heavy atom. The zero-order valence-corrected chi connectivity index (χ0v) is 61.1. The van der Waals surface area contributed by atoms with Crippen LogP contribution in [-0.4, -0.2) is 82.3 Å². The second kappa shape index (κ2) is 72.6. The van der Waals surface area contributed by atoms with Crippen molar-refractivity contribution in [3.05, 3.63) is 24.3 Å². The van der Waals surface area contributed by atoms with E-state index in [0.717, 1.165) is 44.9 Å². The monoisotopic (exact) mass is 1270 g/mol. The van der Waals surface area contributed by atoms with Crippen molar-refractivity contribution in [2.24, 2.45) is 0 Å². The molecule has 0 aliphatic rings. The predicted octanol–water partition coefficient (Wildman–Crippen LogP) is 24.0. The van der Waals surface area contributed by atoms with Gasteiger partial charge in [0.15, 0.2) is 12.4 Å². The number of likely N-dealkylation sites (N-methyl/N-ethyl adjacent to an activating group) is 1. The van der Waals surface area contributed by atoms with Crippen LogP contribution < -0.4 is 5.11 Å². The summed E-state index contributed by atoms with van der Waals surface area (Å²) < 4.78 is 22.9. The fraction of sp³-hybridized carbons (Fsp3) is 0.914. The maximum atomic E-state index is 13.0. The minimum atomic E-state index is -1.62. The van der Waals surface area contributed by atoms with E-state index in [1.807, 2.05) is 21.1 Å². The number of allylic oxidation sites excluding steroid dienone is 4. The first-order valence-corrected chi connectivity index (χ1v) is 40.0. The molecule has 0 heterocycles. The Hall–Kier alpha value is -2.23. The topological polar surface area (TPSA) is 111 Å². The van der Waals surface area contributed by atoms with Crippen LogP contribution in [-0.2, 0) is 33.3 Å². The zero-order chi connectivity index (χ0) is 65.4. The summed E-state index contributed by atoms with van der Waals surface area (Å²) in [5, 5.41) is 11.9. The average molecular weight is 1270 g/mol. The van der Waals surface area contributed by atoms with E-state index in [2.05, 4.69) is 38.2 Å². The Morgan fingerprint density at radius 3 is 0.878 bits per heavy atom. The lowest BCUT2D eigenvalue weighted by Gasteiger charge is -2.26. The lowest BCUT2D eigenvalue weighted by Crippen LogP contribution is -2.44. The van der Waals surface area contributed by atoms with Gasteiger partial charge in [-0.1, -0.05) is 385 Å². The van der Waals surface area contributed by atoms with Gasteiger partial charge in [0.1, 0.15) is 13.2 Å². The molecule has 0 aromatic rings. The summed E-state index contributed by atoms with van der Waals surface area (Å²) >= 11 is 0. The Morgan fingerprint density at radius 1 is 0.333 bits per heavy atom.